The predicted octanol–water partition coefficient (Wildman–Crippen LogP) is 1.29. The lowest BCUT2D eigenvalue weighted by Crippen LogP contribution is -2.24. The summed E-state index contributed by atoms with van der Waals surface area (Å²) in [7, 11) is 0. The van der Waals surface area contributed by atoms with Gasteiger partial charge in [-0.05, 0) is 26.0 Å². The molecule has 2 aliphatic heterocycles. The number of ether oxygens (including phenoxy) is 2. The zero-order chi connectivity index (χ0) is 15.7. The van der Waals surface area contributed by atoms with Crippen LogP contribution >= 0.6 is 0 Å². The minimum Gasteiger partial charge on any atom is -0.493 e. The molecule has 1 atom stereocenters. The Balaban J connectivity index is 1.87. The molecule has 1 fully saturated rings. The number of hydrogen-bond acceptors (Lipinski definition) is 5. The maximum Gasteiger partial charge on any atom is 0.344 e. The average molecular weight is 303 g/mol. The summed E-state index contributed by atoms with van der Waals surface area (Å²) in [5.41, 5.74) is 1.81. The molecule has 7 nitrogen and oxygen atoms in total. The van der Waals surface area contributed by atoms with Gasteiger partial charge in [-0.1, -0.05) is 0 Å². The van der Waals surface area contributed by atoms with Crippen LogP contribution in [0.15, 0.2) is 17.2 Å². The Morgan fingerprint density at radius 2 is 2.32 bits per heavy atom. The quantitative estimate of drug-likeness (QED) is 0.671. The molecule has 0 saturated carbocycles. The fourth-order valence-electron chi connectivity index (χ4n) is 2.49. The summed E-state index contributed by atoms with van der Waals surface area (Å²) < 4.78 is 11.4. The number of hydrogen-bond donors (Lipinski definition) is 1. The molecule has 0 unspecified atom stereocenters. The molecule has 0 spiro atoms. The van der Waals surface area contributed by atoms with E-state index in [2.05, 4.69) is 10.4 Å². The third-order valence-corrected chi connectivity index (χ3v) is 3.44. The highest BCUT2D eigenvalue weighted by Crippen LogP contribution is 2.34. The van der Waals surface area contributed by atoms with Crippen molar-refractivity contribution < 1.29 is 19.1 Å². The Labute approximate surface area is 127 Å². The van der Waals surface area contributed by atoms with Crippen LogP contribution in [0.5, 0.6) is 11.5 Å². The van der Waals surface area contributed by atoms with Crippen LogP contribution in [0.2, 0.25) is 0 Å². The standard InChI is InChI=1S/C15H17N3O4/c1-3-21-12-5-10-4-9(2)22-13(10)6-11(12)7-16-18-8-14(19)17-15(18)20/h5-7,9H,3-4,8H2,1-2H3,(H,17,19,20)/b16-7-/t9-/m0/s1. The highest BCUT2D eigenvalue weighted by atomic mass is 16.5. The summed E-state index contributed by atoms with van der Waals surface area (Å²) >= 11 is 0. The zero-order valence-electron chi connectivity index (χ0n) is 12.5. The molecule has 1 aromatic rings. The van der Waals surface area contributed by atoms with E-state index in [1.165, 1.54) is 6.21 Å². The molecular formula is C15H17N3O4. The average Bonchev–Trinajstić information content (AvgIpc) is 2.97. The number of urea groups is 1. The molecule has 0 bridgehead atoms. The second-order valence-corrected chi connectivity index (χ2v) is 5.22. The van der Waals surface area contributed by atoms with E-state index in [-0.39, 0.29) is 18.6 Å². The summed E-state index contributed by atoms with van der Waals surface area (Å²) in [6.45, 7) is 4.37. The van der Waals surface area contributed by atoms with Gasteiger partial charge in [0.25, 0.3) is 0 Å². The van der Waals surface area contributed by atoms with Crippen LogP contribution < -0.4 is 14.8 Å². The van der Waals surface area contributed by atoms with Crippen molar-refractivity contribution in [1.82, 2.24) is 10.3 Å². The van der Waals surface area contributed by atoms with Crippen molar-refractivity contribution in [2.75, 3.05) is 13.2 Å². The molecule has 3 amide bonds. The summed E-state index contributed by atoms with van der Waals surface area (Å²) in [6.07, 6.45) is 2.49. The predicted molar refractivity (Wildman–Crippen MR) is 79.2 cm³/mol. The summed E-state index contributed by atoms with van der Waals surface area (Å²) in [5.74, 6) is 1.13. The largest absolute Gasteiger partial charge is 0.493 e. The summed E-state index contributed by atoms with van der Waals surface area (Å²) in [6, 6.07) is 3.27. The highest BCUT2D eigenvalue weighted by Gasteiger charge is 2.26. The first-order chi connectivity index (χ1) is 10.6. The van der Waals surface area contributed by atoms with Crippen molar-refractivity contribution >= 4 is 18.2 Å². The highest BCUT2D eigenvalue weighted by molar-refractivity contribution is 6.02. The molecule has 1 aromatic carbocycles. The molecule has 0 aromatic heterocycles. The molecule has 0 radical (unpaired) electrons. The Hall–Kier alpha value is -2.57. The van der Waals surface area contributed by atoms with E-state index in [9.17, 15) is 9.59 Å². The number of benzene rings is 1. The van der Waals surface area contributed by atoms with Crippen molar-refractivity contribution in [3.63, 3.8) is 0 Å². The van der Waals surface area contributed by atoms with E-state index >= 15 is 0 Å². The number of hydrazone groups is 1. The second-order valence-electron chi connectivity index (χ2n) is 5.22. The van der Waals surface area contributed by atoms with Gasteiger partial charge in [0, 0.05) is 17.5 Å². The van der Waals surface area contributed by atoms with Crippen LogP contribution in [0.25, 0.3) is 0 Å². The van der Waals surface area contributed by atoms with Crippen LogP contribution in [0.4, 0.5) is 4.79 Å². The number of imide groups is 1. The fourth-order valence-corrected chi connectivity index (χ4v) is 2.49. The van der Waals surface area contributed by atoms with Gasteiger partial charge >= 0.3 is 6.03 Å². The molecule has 1 N–H and O–H groups in total. The van der Waals surface area contributed by atoms with Gasteiger partial charge in [-0.3, -0.25) is 10.1 Å². The maximum atomic E-state index is 11.5. The number of amides is 3. The molecule has 22 heavy (non-hydrogen) atoms. The van der Waals surface area contributed by atoms with Crippen LogP contribution in [-0.4, -0.2) is 42.4 Å². The van der Waals surface area contributed by atoms with Crippen LogP contribution in [0.1, 0.15) is 25.0 Å². The lowest BCUT2D eigenvalue weighted by Gasteiger charge is -2.10. The van der Waals surface area contributed by atoms with Gasteiger partial charge in [0.1, 0.15) is 24.1 Å². The van der Waals surface area contributed by atoms with Crippen LogP contribution in [0, 0.1) is 0 Å². The van der Waals surface area contributed by atoms with E-state index in [0.29, 0.717) is 17.9 Å². The van der Waals surface area contributed by atoms with E-state index in [1.54, 1.807) is 0 Å². The van der Waals surface area contributed by atoms with Crippen molar-refractivity contribution in [3.8, 4) is 11.5 Å². The Kier molecular flexibility index (Phi) is 3.70. The van der Waals surface area contributed by atoms with E-state index < -0.39 is 6.03 Å². The number of carbonyl (C=O) groups is 2. The SMILES string of the molecule is CCOc1cc2c(cc1/C=N\N1CC(=O)NC1=O)O[C@@H](C)C2. The van der Waals surface area contributed by atoms with Crippen LogP contribution in [-0.2, 0) is 11.2 Å². The lowest BCUT2D eigenvalue weighted by atomic mass is 10.1. The fraction of sp³-hybridized carbons (Fsp3) is 0.400. The van der Waals surface area contributed by atoms with Gasteiger partial charge in [-0.2, -0.15) is 5.10 Å². The van der Waals surface area contributed by atoms with Crippen molar-refractivity contribution in [3.05, 3.63) is 23.3 Å². The molecule has 3 rings (SSSR count). The van der Waals surface area contributed by atoms with Crippen molar-refractivity contribution in [2.24, 2.45) is 5.10 Å². The minimum absolute atomic E-state index is 0.0717. The van der Waals surface area contributed by atoms with Crippen molar-refractivity contribution in [1.29, 1.82) is 0 Å². The molecule has 0 aliphatic carbocycles. The number of carbonyl (C=O) groups excluding carboxylic acids is 2. The second kappa shape index (κ2) is 5.67. The monoisotopic (exact) mass is 303 g/mol. The molecule has 2 aliphatic rings. The topological polar surface area (TPSA) is 80.2 Å². The van der Waals surface area contributed by atoms with Crippen molar-refractivity contribution in [2.45, 2.75) is 26.4 Å². The number of nitrogens with one attached hydrogen (secondary N) is 1. The Bertz CT molecular complexity index is 656. The molecule has 7 heteroatoms. The van der Waals surface area contributed by atoms with Gasteiger partial charge < -0.3 is 9.47 Å². The Morgan fingerprint density at radius 3 is 3.00 bits per heavy atom. The zero-order valence-corrected chi connectivity index (χ0v) is 12.5. The third-order valence-electron chi connectivity index (χ3n) is 3.44. The minimum atomic E-state index is -0.523. The number of nitrogens with zero attached hydrogens (tertiary/aromatic N) is 2. The van der Waals surface area contributed by atoms with Gasteiger partial charge in [0.05, 0.1) is 12.8 Å². The van der Waals surface area contributed by atoms with Crippen LogP contribution in [0.3, 0.4) is 0 Å². The smallest absolute Gasteiger partial charge is 0.344 e. The van der Waals surface area contributed by atoms with E-state index in [4.69, 9.17) is 9.47 Å². The van der Waals surface area contributed by atoms with Gasteiger partial charge in [0.15, 0.2) is 0 Å². The lowest BCUT2D eigenvalue weighted by molar-refractivity contribution is -0.118. The maximum absolute atomic E-state index is 11.5. The Morgan fingerprint density at radius 1 is 1.50 bits per heavy atom. The third kappa shape index (κ3) is 2.74. The van der Waals surface area contributed by atoms with Gasteiger partial charge in [0.2, 0.25) is 5.91 Å². The molecule has 1 saturated heterocycles. The molecule has 2 heterocycles. The molecule has 116 valence electrons. The molecular weight excluding hydrogens is 286 g/mol. The summed E-state index contributed by atoms with van der Waals surface area (Å²) in [4.78, 5) is 22.6. The number of fused-ring (bicyclic) bond motifs is 1. The van der Waals surface area contributed by atoms with E-state index in [0.717, 1.165) is 22.7 Å². The van der Waals surface area contributed by atoms with E-state index in [1.807, 2.05) is 26.0 Å². The first-order valence-electron chi connectivity index (χ1n) is 7.18. The normalized spacial score (nSPS) is 20.3. The summed E-state index contributed by atoms with van der Waals surface area (Å²) in [5, 5.41) is 7.30. The first-order valence-corrected chi connectivity index (χ1v) is 7.18. The first kappa shape index (κ1) is 14.4. The number of rotatable bonds is 4. The van der Waals surface area contributed by atoms with Gasteiger partial charge in [-0.25, -0.2) is 9.80 Å². The van der Waals surface area contributed by atoms with Gasteiger partial charge in [-0.15, -0.1) is 0 Å².